The maximum Gasteiger partial charge on any atom is 0.310 e. The molecule has 2 rings (SSSR count). The summed E-state index contributed by atoms with van der Waals surface area (Å²) < 4.78 is 0. The van der Waals surface area contributed by atoms with Crippen molar-refractivity contribution in [2.45, 2.75) is 12.5 Å². The van der Waals surface area contributed by atoms with Gasteiger partial charge in [-0.3, -0.25) is 14.4 Å². The quantitative estimate of drug-likeness (QED) is 0.662. The molecule has 0 fully saturated rings. The Kier molecular flexibility index (Phi) is 3.27. The molecule has 0 saturated heterocycles. The Bertz CT molecular complexity index is 561. The van der Waals surface area contributed by atoms with E-state index in [2.05, 4.69) is 10.3 Å². The molecule has 94 valence electrons. The summed E-state index contributed by atoms with van der Waals surface area (Å²) in [5, 5.41) is 11.4. The van der Waals surface area contributed by atoms with E-state index >= 15 is 0 Å². The van der Waals surface area contributed by atoms with E-state index < -0.39 is 23.4 Å². The highest BCUT2D eigenvalue weighted by Crippen LogP contribution is 2.18. The van der Waals surface area contributed by atoms with Crippen LogP contribution in [0, 0.1) is 5.92 Å². The number of H-pyrrole nitrogens is 1. The number of aliphatic carboxylic acids is 1. The fraction of sp³-hybridized carbons (Fsp3) is 0.250. The average molecular weight is 248 g/mol. The van der Waals surface area contributed by atoms with E-state index in [0.717, 1.165) is 0 Å². The van der Waals surface area contributed by atoms with Crippen molar-refractivity contribution in [2.24, 2.45) is 5.92 Å². The fourth-order valence-electron chi connectivity index (χ4n) is 1.84. The number of hydrogen-bond donors (Lipinski definition) is 3. The van der Waals surface area contributed by atoms with Gasteiger partial charge in [-0.1, -0.05) is 12.2 Å². The lowest BCUT2D eigenvalue weighted by Crippen LogP contribution is -2.36. The van der Waals surface area contributed by atoms with Crippen LogP contribution in [0.25, 0.3) is 0 Å². The first-order valence-corrected chi connectivity index (χ1v) is 5.47. The minimum Gasteiger partial charge on any atom is -0.481 e. The summed E-state index contributed by atoms with van der Waals surface area (Å²) in [4.78, 5) is 36.3. The molecule has 1 amide bonds. The second kappa shape index (κ2) is 4.87. The Morgan fingerprint density at radius 1 is 1.39 bits per heavy atom. The monoisotopic (exact) mass is 248 g/mol. The summed E-state index contributed by atoms with van der Waals surface area (Å²) in [7, 11) is 0. The zero-order valence-electron chi connectivity index (χ0n) is 9.42. The second-order valence-electron chi connectivity index (χ2n) is 4.06. The molecule has 1 aliphatic carbocycles. The Hall–Kier alpha value is -2.37. The number of aromatic amines is 1. The largest absolute Gasteiger partial charge is 0.481 e. The Morgan fingerprint density at radius 3 is 2.78 bits per heavy atom. The number of carbonyl (C=O) groups excluding carboxylic acids is 1. The first-order chi connectivity index (χ1) is 8.58. The molecule has 0 aromatic carbocycles. The number of carboxylic acids is 1. The molecular weight excluding hydrogens is 236 g/mol. The van der Waals surface area contributed by atoms with Crippen LogP contribution in [0.15, 0.2) is 35.3 Å². The highest BCUT2D eigenvalue weighted by Gasteiger charge is 2.25. The van der Waals surface area contributed by atoms with Crippen molar-refractivity contribution in [1.29, 1.82) is 0 Å². The summed E-state index contributed by atoms with van der Waals surface area (Å²) in [5.41, 5.74) is -0.448. The van der Waals surface area contributed by atoms with Gasteiger partial charge < -0.3 is 15.4 Å². The summed E-state index contributed by atoms with van der Waals surface area (Å²) >= 11 is 0. The van der Waals surface area contributed by atoms with E-state index in [9.17, 15) is 14.4 Å². The smallest absolute Gasteiger partial charge is 0.310 e. The lowest BCUT2D eigenvalue weighted by Gasteiger charge is -2.11. The molecule has 1 aromatic rings. The third-order valence-electron chi connectivity index (χ3n) is 2.78. The minimum atomic E-state index is -0.916. The third-order valence-corrected chi connectivity index (χ3v) is 2.78. The molecule has 0 spiro atoms. The van der Waals surface area contributed by atoms with Gasteiger partial charge in [0.05, 0.1) is 5.92 Å². The van der Waals surface area contributed by atoms with E-state index in [-0.39, 0.29) is 11.6 Å². The predicted molar refractivity (Wildman–Crippen MR) is 63.2 cm³/mol. The van der Waals surface area contributed by atoms with Crippen molar-refractivity contribution in [3.8, 4) is 0 Å². The van der Waals surface area contributed by atoms with Crippen LogP contribution in [0.2, 0.25) is 0 Å². The Labute approximate surface area is 102 Å². The van der Waals surface area contributed by atoms with Gasteiger partial charge in [-0.15, -0.1) is 0 Å². The zero-order valence-corrected chi connectivity index (χ0v) is 9.42. The van der Waals surface area contributed by atoms with Crippen molar-refractivity contribution in [3.63, 3.8) is 0 Å². The number of carboxylic acid groups (broad SMARTS) is 1. The molecule has 6 nitrogen and oxygen atoms in total. The van der Waals surface area contributed by atoms with Gasteiger partial charge in [-0.2, -0.15) is 0 Å². The van der Waals surface area contributed by atoms with Crippen LogP contribution in [-0.2, 0) is 4.79 Å². The molecule has 18 heavy (non-hydrogen) atoms. The summed E-state index contributed by atoms with van der Waals surface area (Å²) in [5.74, 6) is -2.00. The van der Waals surface area contributed by atoms with Gasteiger partial charge in [0.15, 0.2) is 0 Å². The highest BCUT2D eigenvalue weighted by atomic mass is 16.4. The van der Waals surface area contributed by atoms with Gasteiger partial charge in [0, 0.05) is 12.2 Å². The lowest BCUT2D eigenvalue weighted by molar-refractivity contribution is -0.140. The molecule has 6 heteroatoms. The van der Waals surface area contributed by atoms with Gasteiger partial charge in [0.1, 0.15) is 5.56 Å². The Balaban J connectivity index is 2.02. The van der Waals surface area contributed by atoms with Crippen molar-refractivity contribution in [2.75, 3.05) is 0 Å². The molecule has 0 saturated carbocycles. The van der Waals surface area contributed by atoms with Crippen molar-refractivity contribution in [3.05, 3.63) is 46.4 Å². The first-order valence-electron chi connectivity index (χ1n) is 5.47. The average Bonchev–Trinajstić information content (AvgIpc) is 2.78. The van der Waals surface area contributed by atoms with E-state index in [0.29, 0.717) is 6.42 Å². The number of rotatable bonds is 3. The SMILES string of the molecule is O=C(NC1C=CC(C(=O)O)C1)c1ccc[nH]c1=O. The van der Waals surface area contributed by atoms with Crippen molar-refractivity contribution >= 4 is 11.9 Å². The number of carbonyl (C=O) groups is 2. The van der Waals surface area contributed by atoms with Crippen LogP contribution in [0.3, 0.4) is 0 Å². The van der Waals surface area contributed by atoms with Crippen LogP contribution >= 0.6 is 0 Å². The molecule has 2 unspecified atom stereocenters. The molecule has 0 radical (unpaired) electrons. The molecule has 0 aliphatic heterocycles. The predicted octanol–water partition coefficient (Wildman–Crippen LogP) is 0.134. The van der Waals surface area contributed by atoms with E-state index in [1.165, 1.54) is 12.3 Å². The number of nitrogens with one attached hydrogen (secondary N) is 2. The minimum absolute atomic E-state index is 0.0182. The molecular formula is C12H12N2O4. The van der Waals surface area contributed by atoms with Crippen LogP contribution in [-0.4, -0.2) is 28.0 Å². The van der Waals surface area contributed by atoms with Gasteiger partial charge >= 0.3 is 5.97 Å². The topological polar surface area (TPSA) is 99.3 Å². The molecule has 1 aromatic heterocycles. The number of aromatic nitrogens is 1. The third kappa shape index (κ3) is 2.48. The van der Waals surface area contributed by atoms with Crippen molar-refractivity contribution < 1.29 is 14.7 Å². The van der Waals surface area contributed by atoms with Crippen molar-refractivity contribution in [1.82, 2.24) is 10.3 Å². The van der Waals surface area contributed by atoms with Crippen LogP contribution in [0.5, 0.6) is 0 Å². The summed E-state index contributed by atoms with van der Waals surface area (Å²) in [6.07, 6.45) is 4.93. The standard InChI is InChI=1S/C12H12N2O4/c15-10-9(2-1-5-13-10)11(16)14-8-4-3-7(6-8)12(17)18/h1-5,7-8H,6H2,(H,13,15)(H,14,16)(H,17,18). The van der Waals surface area contributed by atoms with Gasteiger partial charge in [-0.25, -0.2) is 0 Å². The van der Waals surface area contributed by atoms with Gasteiger partial charge in [-0.05, 0) is 18.6 Å². The van der Waals surface area contributed by atoms with Crippen LogP contribution < -0.4 is 10.9 Å². The van der Waals surface area contributed by atoms with E-state index in [1.807, 2.05) is 0 Å². The number of pyridine rings is 1. The Morgan fingerprint density at radius 2 is 2.17 bits per heavy atom. The molecule has 0 bridgehead atoms. The lowest BCUT2D eigenvalue weighted by atomic mass is 10.1. The molecule has 1 aliphatic rings. The molecule has 3 N–H and O–H groups in total. The summed E-state index contributed by atoms with van der Waals surface area (Å²) in [6, 6.07) is 2.63. The van der Waals surface area contributed by atoms with Crippen LogP contribution in [0.1, 0.15) is 16.8 Å². The molecule has 1 heterocycles. The van der Waals surface area contributed by atoms with Gasteiger partial charge in [0.25, 0.3) is 11.5 Å². The van der Waals surface area contributed by atoms with E-state index in [1.54, 1.807) is 18.2 Å². The molecule has 2 atom stereocenters. The zero-order chi connectivity index (χ0) is 13.1. The fourth-order valence-corrected chi connectivity index (χ4v) is 1.84. The second-order valence-corrected chi connectivity index (χ2v) is 4.06. The highest BCUT2D eigenvalue weighted by molar-refractivity contribution is 5.94. The summed E-state index contributed by atoms with van der Waals surface area (Å²) in [6.45, 7) is 0. The first kappa shape index (κ1) is 12.1. The normalized spacial score (nSPS) is 21.8. The van der Waals surface area contributed by atoms with E-state index in [4.69, 9.17) is 5.11 Å². The number of amides is 1. The number of hydrogen-bond acceptors (Lipinski definition) is 3. The van der Waals surface area contributed by atoms with Crippen LogP contribution in [0.4, 0.5) is 0 Å². The maximum absolute atomic E-state index is 11.8. The van der Waals surface area contributed by atoms with Gasteiger partial charge in [0.2, 0.25) is 0 Å². The maximum atomic E-state index is 11.8.